The molecule has 7 nitrogen and oxygen atoms in total. The third-order valence-corrected chi connectivity index (χ3v) is 8.01. The van der Waals surface area contributed by atoms with Gasteiger partial charge in [-0.25, -0.2) is 8.42 Å². The molecule has 8 heteroatoms. The highest BCUT2D eigenvalue weighted by Crippen LogP contribution is 2.29. The maximum absolute atomic E-state index is 13.1. The lowest BCUT2D eigenvalue weighted by Crippen LogP contribution is -2.35. The van der Waals surface area contributed by atoms with Gasteiger partial charge in [-0.05, 0) is 61.1 Å². The van der Waals surface area contributed by atoms with Gasteiger partial charge < -0.3 is 5.32 Å². The average Bonchev–Trinajstić information content (AvgIpc) is 3.35. The van der Waals surface area contributed by atoms with Crippen molar-refractivity contribution in [2.45, 2.75) is 37.1 Å². The van der Waals surface area contributed by atoms with E-state index in [1.165, 1.54) is 22.0 Å². The number of carbonyl (C=O) groups excluding carboxylic acids is 1. The van der Waals surface area contributed by atoms with Crippen LogP contribution in [-0.2, 0) is 42.9 Å². The maximum atomic E-state index is 13.1. The minimum atomic E-state index is -3.62. The summed E-state index contributed by atoms with van der Waals surface area (Å²) in [6, 6.07) is 14.1. The number of anilines is 1. The van der Waals surface area contributed by atoms with Crippen LogP contribution in [0.4, 0.5) is 5.82 Å². The first-order valence-corrected chi connectivity index (χ1v) is 11.9. The van der Waals surface area contributed by atoms with Crippen LogP contribution in [-0.4, -0.2) is 35.0 Å². The highest BCUT2D eigenvalue weighted by atomic mass is 32.2. The number of fused-ring (bicyclic) bond motifs is 2. The van der Waals surface area contributed by atoms with Gasteiger partial charge in [-0.1, -0.05) is 24.3 Å². The Kier molecular flexibility index (Phi) is 4.91. The van der Waals surface area contributed by atoms with E-state index in [9.17, 15) is 13.2 Å². The molecule has 0 saturated carbocycles. The minimum absolute atomic E-state index is 0.199. The number of aryl methyl sites for hydroxylation is 2. The van der Waals surface area contributed by atoms with Crippen LogP contribution >= 0.6 is 0 Å². The van der Waals surface area contributed by atoms with Gasteiger partial charge in [0.25, 0.3) is 5.91 Å². The molecular weight excluding hydrogens is 412 g/mol. The van der Waals surface area contributed by atoms with Crippen molar-refractivity contribution in [3.05, 3.63) is 76.5 Å². The fourth-order valence-corrected chi connectivity index (χ4v) is 5.88. The summed E-state index contributed by atoms with van der Waals surface area (Å²) in [5.41, 5.74) is 4.79. The average molecular weight is 437 g/mol. The Bertz CT molecular complexity index is 1260. The lowest BCUT2D eigenvalue weighted by atomic mass is 10.0. The molecular formula is C23H24N4O3S. The van der Waals surface area contributed by atoms with E-state index in [1.54, 1.807) is 16.8 Å². The van der Waals surface area contributed by atoms with E-state index in [0.29, 0.717) is 25.1 Å². The number of benzene rings is 2. The van der Waals surface area contributed by atoms with Gasteiger partial charge >= 0.3 is 0 Å². The number of nitrogens with zero attached hydrogens (tertiary/aromatic N) is 3. The van der Waals surface area contributed by atoms with E-state index >= 15 is 0 Å². The van der Waals surface area contributed by atoms with Gasteiger partial charge in [0, 0.05) is 31.3 Å². The Hall–Kier alpha value is -2.97. The topological polar surface area (TPSA) is 84.3 Å². The minimum Gasteiger partial charge on any atom is -0.307 e. The second-order valence-electron chi connectivity index (χ2n) is 8.09. The second-order valence-corrected chi connectivity index (χ2v) is 10.0. The first kappa shape index (κ1) is 20.0. The van der Waals surface area contributed by atoms with Gasteiger partial charge in [0.2, 0.25) is 10.0 Å². The molecule has 0 atom stereocenters. The fourth-order valence-electron chi connectivity index (χ4n) is 4.46. The predicted octanol–water partition coefficient (Wildman–Crippen LogP) is 2.91. The molecule has 1 aliphatic carbocycles. The van der Waals surface area contributed by atoms with E-state index in [-0.39, 0.29) is 10.8 Å². The standard InChI is InChI=1S/C23H24N4O3S/c1-26-22(20-7-4-8-21(20)25-26)24-23(28)17-9-11-19(12-10-17)31(29,30)27-14-13-16-5-2-3-6-18(16)15-27/h2-3,5-6,9-12H,4,7-8,13-15H2,1H3,(H,24,28). The molecule has 0 unspecified atom stereocenters. The summed E-state index contributed by atoms with van der Waals surface area (Å²) in [7, 11) is -1.80. The molecule has 0 saturated heterocycles. The van der Waals surface area contributed by atoms with Crippen LogP contribution in [0.3, 0.4) is 0 Å². The fraction of sp³-hybridized carbons (Fsp3) is 0.304. The van der Waals surface area contributed by atoms with E-state index in [0.717, 1.165) is 41.9 Å². The Morgan fingerprint density at radius 3 is 2.52 bits per heavy atom. The number of aromatic nitrogens is 2. The van der Waals surface area contributed by atoms with Crippen molar-refractivity contribution in [2.24, 2.45) is 7.05 Å². The molecule has 2 aromatic carbocycles. The molecule has 1 N–H and O–H groups in total. The molecule has 31 heavy (non-hydrogen) atoms. The number of sulfonamides is 1. The van der Waals surface area contributed by atoms with Crippen molar-refractivity contribution in [2.75, 3.05) is 11.9 Å². The van der Waals surface area contributed by atoms with E-state index in [4.69, 9.17) is 0 Å². The van der Waals surface area contributed by atoms with Gasteiger partial charge in [0.1, 0.15) is 5.82 Å². The summed E-state index contributed by atoms with van der Waals surface area (Å²) in [6.07, 6.45) is 3.60. The Morgan fingerprint density at radius 2 is 1.74 bits per heavy atom. The van der Waals surface area contributed by atoms with Crippen molar-refractivity contribution in [1.29, 1.82) is 0 Å². The number of amides is 1. The van der Waals surface area contributed by atoms with Crippen LogP contribution in [0.15, 0.2) is 53.4 Å². The monoisotopic (exact) mass is 436 g/mol. The molecule has 0 radical (unpaired) electrons. The quantitative estimate of drug-likeness (QED) is 0.682. The summed E-state index contributed by atoms with van der Waals surface area (Å²) < 4.78 is 29.4. The van der Waals surface area contributed by atoms with Gasteiger partial charge in [-0.2, -0.15) is 9.40 Å². The predicted molar refractivity (Wildman–Crippen MR) is 117 cm³/mol. The zero-order valence-corrected chi connectivity index (χ0v) is 18.2. The number of hydrogen-bond acceptors (Lipinski definition) is 4. The summed E-state index contributed by atoms with van der Waals surface area (Å²) in [5.74, 6) is 0.453. The number of carbonyl (C=O) groups is 1. The summed E-state index contributed by atoms with van der Waals surface area (Å²) >= 11 is 0. The molecule has 2 heterocycles. The van der Waals surface area contributed by atoms with Crippen molar-refractivity contribution in [3.8, 4) is 0 Å². The molecule has 1 aromatic heterocycles. The number of rotatable bonds is 4. The Morgan fingerprint density at radius 1 is 1.00 bits per heavy atom. The Labute approximate surface area is 181 Å². The highest BCUT2D eigenvalue weighted by Gasteiger charge is 2.28. The van der Waals surface area contributed by atoms with Crippen molar-refractivity contribution >= 4 is 21.7 Å². The smallest absolute Gasteiger partial charge is 0.256 e. The summed E-state index contributed by atoms with van der Waals surface area (Å²) in [4.78, 5) is 13.0. The molecule has 3 aromatic rings. The lowest BCUT2D eigenvalue weighted by molar-refractivity contribution is 0.102. The zero-order valence-electron chi connectivity index (χ0n) is 17.3. The van der Waals surface area contributed by atoms with Crippen LogP contribution < -0.4 is 5.32 Å². The van der Waals surface area contributed by atoms with Gasteiger partial charge in [0.15, 0.2) is 0 Å². The largest absolute Gasteiger partial charge is 0.307 e. The SMILES string of the molecule is Cn1nc2c(c1NC(=O)c1ccc(S(=O)(=O)N3CCc4ccccc4C3)cc1)CCC2. The zero-order chi connectivity index (χ0) is 21.6. The van der Waals surface area contributed by atoms with Gasteiger partial charge in [-0.3, -0.25) is 9.48 Å². The lowest BCUT2D eigenvalue weighted by Gasteiger charge is -2.28. The van der Waals surface area contributed by atoms with E-state index in [1.807, 2.05) is 31.3 Å². The third-order valence-electron chi connectivity index (χ3n) is 6.15. The van der Waals surface area contributed by atoms with Crippen molar-refractivity contribution in [1.82, 2.24) is 14.1 Å². The first-order chi connectivity index (χ1) is 14.9. The molecule has 1 amide bonds. The van der Waals surface area contributed by atoms with E-state index < -0.39 is 10.0 Å². The maximum Gasteiger partial charge on any atom is 0.256 e. The summed E-state index contributed by atoms with van der Waals surface area (Å²) in [5, 5.41) is 7.41. The third kappa shape index (κ3) is 3.55. The Balaban J connectivity index is 1.33. The number of hydrogen-bond donors (Lipinski definition) is 1. The van der Waals surface area contributed by atoms with E-state index in [2.05, 4.69) is 10.4 Å². The molecule has 1 aliphatic heterocycles. The van der Waals surface area contributed by atoms with Crippen molar-refractivity contribution in [3.63, 3.8) is 0 Å². The molecule has 0 bridgehead atoms. The molecule has 160 valence electrons. The molecule has 2 aliphatic rings. The molecule has 5 rings (SSSR count). The van der Waals surface area contributed by atoms with Crippen LogP contribution in [0.2, 0.25) is 0 Å². The normalized spacial score (nSPS) is 16.0. The summed E-state index contributed by atoms with van der Waals surface area (Å²) in [6.45, 7) is 0.819. The van der Waals surface area contributed by atoms with Crippen LogP contribution in [0.25, 0.3) is 0 Å². The van der Waals surface area contributed by atoms with Gasteiger partial charge in [-0.15, -0.1) is 0 Å². The second kappa shape index (κ2) is 7.62. The molecule has 0 spiro atoms. The van der Waals surface area contributed by atoms with Crippen LogP contribution in [0, 0.1) is 0 Å². The van der Waals surface area contributed by atoms with Gasteiger partial charge in [0.05, 0.1) is 10.6 Å². The van der Waals surface area contributed by atoms with Crippen molar-refractivity contribution < 1.29 is 13.2 Å². The first-order valence-electron chi connectivity index (χ1n) is 10.5. The highest BCUT2D eigenvalue weighted by molar-refractivity contribution is 7.89. The molecule has 0 fully saturated rings. The van der Waals surface area contributed by atoms with Crippen LogP contribution in [0.1, 0.15) is 39.2 Å². The number of nitrogens with one attached hydrogen (secondary N) is 1. The van der Waals surface area contributed by atoms with Crippen LogP contribution in [0.5, 0.6) is 0 Å².